The monoisotopic (exact) mass is 544 g/mol. The van der Waals surface area contributed by atoms with Crippen LogP contribution in [0.2, 0.25) is 0 Å². The summed E-state index contributed by atoms with van der Waals surface area (Å²) in [5.41, 5.74) is 0.499. The van der Waals surface area contributed by atoms with Crippen LogP contribution < -0.4 is 16.4 Å². The zero-order valence-electron chi connectivity index (χ0n) is 22.7. The quantitative estimate of drug-likeness (QED) is 0.301. The van der Waals surface area contributed by atoms with E-state index in [0.29, 0.717) is 23.1 Å². The van der Waals surface area contributed by atoms with E-state index >= 15 is 0 Å². The molecular weight excluding hydrogens is 508 g/mol. The minimum absolute atomic E-state index is 0.00398. The fourth-order valence-electron chi connectivity index (χ4n) is 4.71. The molecule has 12 heteroatoms. The van der Waals surface area contributed by atoms with Gasteiger partial charge in [-0.25, -0.2) is 9.59 Å². The van der Waals surface area contributed by atoms with Crippen molar-refractivity contribution in [2.75, 3.05) is 20.8 Å². The predicted octanol–water partition coefficient (Wildman–Crippen LogP) is 1.90. The summed E-state index contributed by atoms with van der Waals surface area (Å²) in [6, 6.07) is 6.09. The number of benzene rings is 1. The second kappa shape index (κ2) is 13.8. The van der Waals surface area contributed by atoms with Crippen LogP contribution in [0, 0.1) is 11.8 Å². The van der Waals surface area contributed by atoms with E-state index in [-0.39, 0.29) is 30.8 Å². The molecule has 212 valence electrons. The molecule has 0 aliphatic heterocycles. The van der Waals surface area contributed by atoms with Crippen LogP contribution >= 0.6 is 0 Å². The summed E-state index contributed by atoms with van der Waals surface area (Å²) < 4.78 is 15.5. The number of aromatic nitrogens is 2. The molecule has 1 aliphatic carbocycles. The smallest absolute Gasteiger partial charge is 0.438 e. The Hall–Kier alpha value is -3.80. The van der Waals surface area contributed by atoms with Gasteiger partial charge in [0.15, 0.2) is 6.04 Å². The first-order valence-electron chi connectivity index (χ1n) is 13.0. The van der Waals surface area contributed by atoms with Crippen molar-refractivity contribution in [1.29, 1.82) is 0 Å². The van der Waals surface area contributed by atoms with Gasteiger partial charge < -0.3 is 24.5 Å². The maximum Gasteiger partial charge on any atom is 0.438 e. The number of nitrogens with zero attached hydrogens (tertiary/aromatic N) is 2. The Kier molecular flexibility index (Phi) is 10.6. The molecule has 0 bridgehead atoms. The number of carbonyl (C=O) groups is 4. The second-order valence-electron chi connectivity index (χ2n) is 10.0. The first kappa shape index (κ1) is 29.8. The van der Waals surface area contributed by atoms with Gasteiger partial charge in [0.2, 0.25) is 11.7 Å². The highest BCUT2D eigenvalue weighted by molar-refractivity contribution is 5.99. The molecule has 0 spiro atoms. The third-order valence-corrected chi connectivity index (χ3v) is 6.67. The Morgan fingerprint density at radius 1 is 1.10 bits per heavy atom. The molecule has 2 amide bonds. The third-order valence-electron chi connectivity index (χ3n) is 6.67. The molecule has 1 aromatic carbocycles. The van der Waals surface area contributed by atoms with Crippen molar-refractivity contribution in [1.82, 2.24) is 20.4 Å². The largest absolute Gasteiger partial charge is 0.467 e. The number of rotatable bonds is 12. The number of Topliss-reactive ketones (excluding diaryl/α,β-unsaturated/α-hetero) is 1. The highest BCUT2D eigenvalue weighted by Crippen LogP contribution is 2.26. The van der Waals surface area contributed by atoms with Gasteiger partial charge in [-0.2, -0.15) is 4.68 Å². The van der Waals surface area contributed by atoms with Gasteiger partial charge in [-0.05, 0) is 37.3 Å². The summed E-state index contributed by atoms with van der Waals surface area (Å²) in [4.78, 5) is 64.1. The van der Waals surface area contributed by atoms with Gasteiger partial charge >= 0.3 is 11.7 Å². The fraction of sp³-hybridized carbons (Fsp3) is 0.556. The Balaban J connectivity index is 1.79. The van der Waals surface area contributed by atoms with E-state index in [9.17, 15) is 24.0 Å². The Labute approximate surface area is 226 Å². The van der Waals surface area contributed by atoms with Crippen molar-refractivity contribution in [3.05, 3.63) is 52.3 Å². The fourth-order valence-corrected chi connectivity index (χ4v) is 4.71. The number of hydrogen-bond donors (Lipinski definition) is 2. The van der Waals surface area contributed by atoms with Crippen LogP contribution in [0.5, 0.6) is 0 Å². The first-order chi connectivity index (χ1) is 18.7. The standard InChI is InChI=1S/C27H36N4O8/c1-16(2)14-20(22(32)25-30-31(27(36)39-25)21(15-37-3)26(35)38-4)29-24(34)18-12-8-9-13-19(18)28-23(33)17-10-6-5-7-11-17/h5-7,10-11,16,18-21H,8-9,12-15H2,1-4H3,(H,28,33)(H,29,34)/t18-,19+,20+,21?/m1/s1. The maximum absolute atomic E-state index is 13.4. The van der Waals surface area contributed by atoms with Gasteiger partial charge in [0.05, 0.1) is 25.7 Å². The van der Waals surface area contributed by atoms with Crippen LogP contribution in [0.15, 0.2) is 39.5 Å². The predicted molar refractivity (Wildman–Crippen MR) is 139 cm³/mol. The maximum atomic E-state index is 13.4. The van der Waals surface area contributed by atoms with E-state index in [1.165, 1.54) is 7.11 Å². The van der Waals surface area contributed by atoms with E-state index in [2.05, 4.69) is 15.7 Å². The molecule has 1 fully saturated rings. The summed E-state index contributed by atoms with van der Waals surface area (Å²) in [7, 11) is 2.49. The molecule has 0 saturated heterocycles. The van der Waals surface area contributed by atoms with Gasteiger partial charge in [0.25, 0.3) is 11.8 Å². The van der Waals surface area contributed by atoms with Gasteiger partial charge in [0, 0.05) is 18.7 Å². The molecule has 39 heavy (non-hydrogen) atoms. The number of hydrogen-bond acceptors (Lipinski definition) is 9. The normalized spacial score (nSPS) is 18.7. The minimum Gasteiger partial charge on any atom is -0.467 e. The van der Waals surface area contributed by atoms with Gasteiger partial charge in [-0.15, -0.1) is 5.10 Å². The molecule has 1 unspecified atom stereocenters. The number of ketones is 1. The van der Waals surface area contributed by atoms with E-state index in [4.69, 9.17) is 13.9 Å². The summed E-state index contributed by atoms with van der Waals surface area (Å²) in [5, 5.41) is 9.72. The van der Waals surface area contributed by atoms with Crippen molar-refractivity contribution in [2.24, 2.45) is 11.8 Å². The van der Waals surface area contributed by atoms with Crippen LogP contribution in [-0.4, -0.2) is 66.3 Å². The summed E-state index contributed by atoms with van der Waals surface area (Å²) in [6.07, 6.45) is 3.12. The highest BCUT2D eigenvalue weighted by Gasteiger charge is 2.36. The molecule has 2 aromatic rings. The Morgan fingerprint density at radius 2 is 1.79 bits per heavy atom. The van der Waals surface area contributed by atoms with Crippen LogP contribution in [0.25, 0.3) is 0 Å². The first-order valence-corrected chi connectivity index (χ1v) is 13.0. The molecule has 1 aromatic heterocycles. The number of esters is 1. The molecule has 1 saturated carbocycles. The van der Waals surface area contributed by atoms with Crippen molar-refractivity contribution in [3.63, 3.8) is 0 Å². The van der Waals surface area contributed by atoms with E-state index in [1.54, 1.807) is 24.3 Å². The average Bonchev–Trinajstić information content (AvgIpc) is 3.31. The summed E-state index contributed by atoms with van der Waals surface area (Å²) in [6.45, 7) is 3.55. The second-order valence-corrected chi connectivity index (χ2v) is 10.0. The number of amides is 2. The summed E-state index contributed by atoms with van der Waals surface area (Å²) in [5.74, 6) is -4.23. The van der Waals surface area contributed by atoms with Crippen molar-refractivity contribution in [2.45, 2.75) is 64.1 Å². The molecule has 12 nitrogen and oxygen atoms in total. The number of ether oxygens (including phenoxy) is 2. The van der Waals surface area contributed by atoms with Crippen LogP contribution in [-0.2, 0) is 19.1 Å². The van der Waals surface area contributed by atoms with Crippen molar-refractivity contribution >= 4 is 23.6 Å². The minimum atomic E-state index is -1.24. The number of carbonyl (C=O) groups excluding carboxylic acids is 4. The molecule has 4 atom stereocenters. The van der Waals surface area contributed by atoms with Crippen LogP contribution in [0.1, 0.15) is 73.0 Å². The van der Waals surface area contributed by atoms with E-state index < -0.39 is 47.4 Å². The van der Waals surface area contributed by atoms with Gasteiger partial charge in [0.1, 0.15) is 0 Å². The summed E-state index contributed by atoms with van der Waals surface area (Å²) >= 11 is 0. The molecule has 1 aliphatic rings. The zero-order valence-corrected chi connectivity index (χ0v) is 22.7. The molecule has 0 radical (unpaired) electrons. The average molecular weight is 545 g/mol. The lowest BCUT2D eigenvalue weighted by molar-refractivity contribution is -0.146. The zero-order chi connectivity index (χ0) is 28.5. The lowest BCUT2D eigenvalue weighted by Gasteiger charge is -2.32. The SMILES string of the molecule is COCC(C(=O)OC)n1nc(C(=O)[C@H](CC(C)C)NC(=O)[C@@H]2CCCC[C@@H]2NC(=O)c2ccccc2)oc1=O. The Bertz CT molecular complexity index is 1210. The van der Waals surface area contributed by atoms with E-state index in [0.717, 1.165) is 20.0 Å². The topological polar surface area (TPSA) is 159 Å². The third kappa shape index (κ3) is 7.62. The number of nitrogens with one attached hydrogen (secondary N) is 2. The molecular formula is C27H36N4O8. The van der Waals surface area contributed by atoms with Crippen molar-refractivity contribution < 1.29 is 33.1 Å². The lowest BCUT2D eigenvalue weighted by Crippen LogP contribution is -2.52. The van der Waals surface area contributed by atoms with Crippen LogP contribution in [0.3, 0.4) is 0 Å². The van der Waals surface area contributed by atoms with E-state index in [1.807, 2.05) is 19.9 Å². The molecule has 1 heterocycles. The Morgan fingerprint density at radius 3 is 2.44 bits per heavy atom. The van der Waals surface area contributed by atoms with Crippen molar-refractivity contribution in [3.8, 4) is 0 Å². The van der Waals surface area contributed by atoms with Gasteiger partial charge in [-0.1, -0.05) is 44.9 Å². The lowest BCUT2D eigenvalue weighted by atomic mass is 9.83. The molecule has 3 rings (SSSR count). The molecule has 2 N–H and O–H groups in total. The highest BCUT2D eigenvalue weighted by atomic mass is 16.5. The number of methoxy groups -OCH3 is 2. The van der Waals surface area contributed by atoms with Crippen LogP contribution in [0.4, 0.5) is 0 Å². The van der Waals surface area contributed by atoms with Gasteiger partial charge in [-0.3, -0.25) is 14.4 Å².